The van der Waals surface area contributed by atoms with Crippen LogP contribution in [0.4, 0.5) is 25.0 Å². The van der Waals surface area contributed by atoms with Crippen LogP contribution in [-0.4, -0.2) is 46.4 Å². The third-order valence-electron chi connectivity index (χ3n) is 6.40. The molecule has 2 fully saturated rings. The Bertz CT molecular complexity index is 1480. The van der Waals surface area contributed by atoms with Crippen LogP contribution in [0.2, 0.25) is 5.15 Å². The topological polar surface area (TPSA) is 73.8 Å². The molecule has 2 saturated heterocycles. The number of rotatable bonds is 2. The fourth-order valence-corrected chi connectivity index (χ4v) is 4.75. The Morgan fingerprint density at radius 2 is 1.62 bits per heavy atom. The second kappa shape index (κ2) is 9.30. The van der Waals surface area contributed by atoms with E-state index in [9.17, 15) is 14.4 Å². The van der Waals surface area contributed by atoms with Crippen molar-refractivity contribution in [1.29, 1.82) is 0 Å². The molecule has 2 aliphatic heterocycles. The first-order chi connectivity index (χ1) is 17.7. The van der Waals surface area contributed by atoms with Crippen molar-refractivity contribution in [1.82, 2.24) is 9.88 Å². The van der Waals surface area contributed by atoms with E-state index in [1.807, 2.05) is 6.07 Å². The average molecular weight is 521 g/mol. The lowest BCUT2D eigenvalue weighted by Crippen LogP contribution is -2.73. The van der Waals surface area contributed by atoms with Crippen LogP contribution in [0.1, 0.15) is 24.5 Å². The minimum atomic E-state index is -1.54. The van der Waals surface area contributed by atoms with Crippen molar-refractivity contribution >= 4 is 40.8 Å². The van der Waals surface area contributed by atoms with E-state index in [0.717, 1.165) is 12.1 Å². The van der Waals surface area contributed by atoms with Crippen molar-refractivity contribution < 1.29 is 23.2 Å². The highest BCUT2D eigenvalue weighted by Gasteiger charge is 2.56. The van der Waals surface area contributed by atoms with Gasteiger partial charge in [0.1, 0.15) is 16.4 Å². The Balaban J connectivity index is 1.44. The molecule has 5 rings (SSSR count). The Morgan fingerprint density at radius 1 is 0.946 bits per heavy atom. The van der Waals surface area contributed by atoms with Crippen LogP contribution in [-0.2, 0) is 9.59 Å². The van der Waals surface area contributed by atoms with E-state index in [0.29, 0.717) is 16.2 Å². The normalized spacial score (nSPS) is 19.5. The lowest BCUT2D eigenvalue weighted by molar-refractivity contribution is -0.137. The van der Waals surface area contributed by atoms with E-state index in [1.54, 1.807) is 30.3 Å². The molecule has 7 nitrogen and oxygen atoms in total. The SMILES string of the molecule is C[C@@]12CC(=O)N(c3c(F)cc(C#Cc4ccccc4)cc3F)C(=O)N1CCN(c1ccnc(Cl)c1)C2=O. The molecule has 186 valence electrons. The molecule has 2 aliphatic rings. The molecule has 1 aromatic heterocycles. The highest BCUT2D eigenvalue weighted by molar-refractivity contribution is 6.29. The van der Waals surface area contributed by atoms with Gasteiger partial charge in [-0.2, -0.15) is 0 Å². The molecule has 3 heterocycles. The van der Waals surface area contributed by atoms with E-state index in [4.69, 9.17) is 11.6 Å². The number of hydrogen-bond acceptors (Lipinski definition) is 4. The predicted molar refractivity (Wildman–Crippen MR) is 133 cm³/mol. The zero-order valence-corrected chi connectivity index (χ0v) is 20.3. The second-order valence-electron chi connectivity index (χ2n) is 8.81. The molecule has 0 unspecified atom stereocenters. The largest absolute Gasteiger partial charge is 0.332 e. The van der Waals surface area contributed by atoms with Crippen LogP contribution in [0.25, 0.3) is 0 Å². The molecular formula is C27H19ClF2N4O3. The number of benzene rings is 2. The fourth-order valence-electron chi connectivity index (χ4n) is 4.58. The van der Waals surface area contributed by atoms with Gasteiger partial charge in [-0.15, -0.1) is 0 Å². The number of piperazine rings is 1. The number of hydrogen-bond donors (Lipinski definition) is 0. The van der Waals surface area contributed by atoms with Gasteiger partial charge in [-0.3, -0.25) is 9.59 Å². The third-order valence-corrected chi connectivity index (χ3v) is 6.61. The molecule has 37 heavy (non-hydrogen) atoms. The molecule has 0 aliphatic carbocycles. The van der Waals surface area contributed by atoms with E-state index in [1.165, 1.54) is 29.0 Å². The van der Waals surface area contributed by atoms with Crippen molar-refractivity contribution in [3.05, 3.63) is 88.7 Å². The van der Waals surface area contributed by atoms with Crippen molar-refractivity contribution in [2.24, 2.45) is 0 Å². The quantitative estimate of drug-likeness (QED) is 0.371. The molecule has 10 heteroatoms. The maximum Gasteiger partial charge on any atom is 0.332 e. The Labute approximate surface area is 216 Å². The predicted octanol–water partition coefficient (Wildman–Crippen LogP) is 4.38. The number of amides is 4. The Morgan fingerprint density at radius 3 is 2.30 bits per heavy atom. The molecule has 0 N–H and O–H groups in total. The number of pyridine rings is 1. The lowest BCUT2D eigenvalue weighted by Gasteiger charge is -2.51. The van der Waals surface area contributed by atoms with Crippen LogP contribution < -0.4 is 9.80 Å². The summed E-state index contributed by atoms with van der Waals surface area (Å²) in [7, 11) is 0. The van der Waals surface area contributed by atoms with Gasteiger partial charge >= 0.3 is 6.03 Å². The highest BCUT2D eigenvalue weighted by atomic mass is 35.5. The van der Waals surface area contributed by atoms with Gasteiger partial charge in [0.2, 0.25) is 5.91 Å². The van der Waals surface area contributed by atoms with Gasteiger partial charge in [-0.1, -0.05) is 41.6 Å². The van der Waals surface area contributed by atoms with E-state index >= 15 is 8.78 Å². The third kappa shape index (κ3) is 4.30. The summed E-state index contributed by atoms with van der Waals surface area (Å²) in [6.45, 7) is 1.60. The number of urea groups is 1. The highest BCUT2D eigenvalue weighted by Crippen LogP contribution is 2.38. The zero-order chi connectivity index (χ0) is 26.3. The number of carbonyl (C=O) groups is 3. The number of anilines is 2. The minimum absolute atomic E-state index is 0.0364. The fraction of sp³-hybridized carbons (Fsp3) is 0.185. The van der Waals surface area contributed by atoms with Gasteiger partial charge in [0.15, 0.2) is 11.6 Å². The van der Waals surface area contributed by atoms with Crippen molar-refractivity contribution in [3.8, 4) is 11.8 Å². The molecular weight excluding hydrogens is 502 g/mol. The van der Waals surface area contributed by atoms with Gasteiger partial charge in [0, 0.05) is 36.1 Å². The number of aromatic nitrogens is 1. The summed E-state index contributed by atoms with van der Waals surface area (Å²) in [6.07, 6.45) is 0.985. The lowest BCUT2D eigenvalue weighted by atomic mass is 9.88. The van der Waals surface area contributed by atoms with E-state index in [2.05, 4.69) is 16.8 Å². The molecule has 0 saturated carbocycles. The smallest absolute Gasteiger partial charge is 0.308 e. The first-order valence-electron chi connectivity index (χ1n) is 11.3. The summed E-state index contributed by atoms with van der Waals surface area (Å²) in [4.78, 5) is 46.9. The van der Waals surface area contributed by atoms with Crippen molar-refractivity contribution in [2.45, 2.75) is 18.9 Å². The van der Waals surface area contributed by atoms with Crippen LogP contribution in [0, 0.1) is 23.5 Å². The van der Waals surface area contributed by atoms with Crippen LogP contribution in [0.15, 0.2) is 60.8 Å². The molecule has 0 spiro atoms. The number of imide groups is 1. The standard InChI is InChI=1S/C27H19ClF2N4O3/c1-27-16-23(35)34(24-20(29)13-18(14-21(24)30)8-7-17-5-3-2-4-6-17)26(37)33(27)12-11-32(25(27)36)19-9-10-31-22(28)15-19/h2-6,9-10,13-15H,11-12,16H2,1H3/t27-/m0/s1. The monoisotopic (exact) mass is 520 g/mol. The van der Waals surface area contributed by atoms with E-state index in [-0.39, 0.29) is 23.8 Å². The first-order valence-corrected chi connectivity index (χ1v) is 11.7. The van der Waals surface area contributed by atoms with Gasteiger partial charge in [0.05, 0.1) is 6.42 Å². The minimum Gasteiger partial charge on any atom is -0.308 e. The summed E-state index contributed by atoms with van der Waals surface area (Å²) in [5.41, 5.74) is -1.15. The molecule has 4 amide bonds. The Kier molecular flexibility index (Phi) is 6.13. The summed E-state index contributed by atoms with van der Waals surface area (Å²) < 4.78 is 30.2. The average Bonchev–Trinajstić information content (AvgIpc) is 2.86. The molecule has 3 aromatic rings. The number of nitrogens with zero attached hydrogens (tertiary/aromatic N) is 4. The second-order valence-corrected chi connectivity index (χ2v) is 9.20. The number of carbonyl (C=O) groups excluding carboxylic acids is 3. The molecule has 0 radical (unpaired) electrons. The summed E-state index contributed by atoms with van der Waals surface area (Å²) >= 11 is 5.95. The van der Waals surface area contributed by atoms with E-state index < -0.39 is 47.1 Å². The summed E-state index contributed by atoms with van der Waals surface area (Å²) in [5.74, 6) is 1.87. The van der Waals surface area contributed by atoms with Crippen molar-refractivity contribution in [2.75, 3.05) is 22.9 Å². The summed E-state index contributed by atoms with van der Waals surface area (Å²) in [6, 6.07) is 13.0. The van der Waals surface area contributed by atoms with Gasteiger partial charge in [-0.25, -0.2) is 23.5 Å². The number of fused-ring (bicyclic) bond motifs is 1. The molecule has 1 atom stereocenters. The molecule has 2 aromatic carbocycles. The van der Waals surface area contributed by atoms with Crippen LogP contribution in [0.5, 0.6) is 0 Å². The van der Waals surface area contributed by atoms with Crippen LogP contribution in [0.3, 0.4) is 0 Å². The molecule has 0 bridgehead atoms. The zero-order valence-electron chi connectivity index (χ0n) is 19.5. The Hall–Kier alpha value is -4.29. The maximum atomic E-state index is 15.1. The first kappa shape index (κ1) is 24.4. The van der Waals surface area contributed by atoms with Crippen LogP contribution >= 0.6 is 11.6 Å². The van der Waals surface area contributed by atoms with Gasteiger partial charge < -0.3 is 9.80 Å². The van der Waals surface area contributed by atoms with Gasteiger partial charge in [0.25, 0.3) is 5.91 Å². The van der Waals surface area contributed by atoms with Gasteiger partial charge in [-0.05, 0) is 43.3 Å². The summed E-state index contributed by atoms with van der Waals surface area (Å²) in [5, 5.41) is 0.183. The maximum absolute atomic E-state index is 15.1. The van der Waals surface area contributed by atoms with Crippen molar-refractivity contribution in [3.63, 3.8) is 0 Å². The number of halogens is 3.